The smallest absolute Gasteiger partial charge is 0.237 e. The van der Waals surface area contributed by atoms with Crippen LogP contribution in [0.2, 0.25) is 0 Å². The van der Waals surface area contributed by atoms with Crippen molar-refractivity contribution in [3.05, 3.63) is 0 Å². The van der Waals surface area contributed by atoms with Gasteiger partial charge in [-0.1, -0.05) is 19.8 Å². The summed E-state index contributed by atoms with van der Waals surface area (Å²) in [6.07, 6.45) is 4.57. The molecule has 1 N–H and O–H groups in total. The molecule has 78 valence electrons. The molecule has 0 aliphatic heterocycles. The Kier molecular flexibility index (Phi) is 3.94. The summed E-state index contributed by atoms with van der Waals surface area (Å²) >= 11 is 0. The summed E-state index contributed by atoms with van der Waals surface area (Å²) in [4.78, 5) is 11.4. The van der Waals surface area contributed by atoms with Gasteiger partial charge in [0.05, 0.1) is 6.07 Å². The summed E-state index contributed by atoms with van der Waals surface area (Å²) < 4.78 is 0. The Balaban J connectivity index is 2.37. The van der Waals surface area contributed by atoms with Crippen molar-refractivity contribution in [3.8, 4) is 6.07 Å². The van der Waals surface area contributed by atoms with Gasteiger partial charge in [0.1, 0.15) is 5.92 Å². The Bertz CT molecular complexity index is 244. The minimum Gasteiger partial charge on any atom is -0.352 e. The Morgan fingerprint density at radius 3 is 2.86 bits per heavy atom. The third kappa shape index (κ3) is 3.02. The summed E-state index contributed by atoms with van der Waals surface area (Å²) in [7, 11) is 0. The SMILES string of the molecule is CC1CCCC(NC(=O)C(C)C#N)C1. The summed E-state index contributed by atoms with van der Waals surface area (Å²) in [5.74, 6) is 0.0604. The third-order valence-electron chi connectivity index (χ3n) is 2.87. The molecule has 0 aromatic carbocycles. The number of nitrogens with zero attached hydrogens (tertiary/aromatic N) is 1. The van der Waals surface area contributed by atoms with Gasteiger partial charge in [-0.25, -0.2) is 0 Å². The number of nitrogens with one attached hydrogen (secondary N) is 1. The van der Waals surface area contributed by atoms with E-state index in [0.29, 0.717) is 12.0 Å². The van der Waals surface area contributed by atoms with E-state index in [1.165, 1.54) is 12.8 Å². The largest absolute Gasteiger partial charge is 0.352 e. The monoisotopic (exact) mass is 194 g/mol. The van der Waals surface area contributed by atoms with Gasteiger partial charge in [0.25, 0.3) is 0 Å². The van der Waals surface area contributed by atoms with Crippen molar-refractivity contribution in [2.45, 2.75) is 45.6 Å². The second-order valence-corrected chi connectivity index (χ2v) is 4.33. The molecule has 1 amide bonds. The minimum absolute atomic E-state index is 0.119. The Hall–Kier alpha value is -1.04. The lowest BCUT2D eigenvalue weighted by Gasteiger charge is -2.27. The van der Waals surface area contributed by atoms with E-state index in [1.807, 2.05) is 6.07 Å². The van der Waals surface area contributed by atoms with Crippen molar-refractivity contribution in [3.63, 3.8) is 0 Å². The molecule has 0 aromatic rings. The zero-order valence-electron chi connectivity index (χ0n) is 8.92. The fourth-order valence-corrected chi connectivity index (χ4v) is 1.95. The van der Waals surface area contributed by atoms with Crippen LogP contribution in [0.3, 0.4) is 0 Å². The van der Waals surface area contributed by atoms with E-state index < -0.39 is 5.92 Å². The van der Waals surface area contributed by atoms with Crippen LogP contribution in [0.4, 0.5) is 0 Å². The van der Waals surface area contributed by atoms with E-state index >= 15 is 0 Å². The topological polar surface area (TPSA) is 52.9 Å². The van der Waals surface area contributed by atoms with Gasteiger partial charge < -0.3 is 5.32 Å². The summed E-state index contributed by atoms with van der Waals surface area (Å²) in [6.45, 7) is 3.85. The van der Waals surface area contributed by atoms with Crippen LogP contribution in [0, 0.1) is 23.2 Å². The number of amides is 1. The van der Waals surface area contributed by atoms with Gasteiger partial charge in [-0.05, 0) is 25.7 Å². The average molecular weight is 194 g/mol. The van der Waals surface area contributed by atoms with Crippen LogP contribution in [0.25, 0.3) is 0 Å². The van der Waals surface area contributed by atoms with Gasteiger partial charge in [-0.3, -0.25) is 4.79 Å². The van der Waals surface area contributed by atoms with E-state index in [-0.39, 0.29) is 5.91 Å². The standard InChI is InChI=1S/C11H18N2O/c1-8-4-3-5-10(6-8)13-11(14)9(2)7-12/h8-10H,3-6H2,1-2H3,(H,13,14). The summed E-state index contributed by atoms with van der Waals surface area (Å²) in [6, 6.07) is 2.25. The van der Waals surface area contributed by atoms with Crippen LogP contribution < -0.4 is 5.32 Å². The zero-order valence-corrected chi connectivity index (χ0v) is 8.92. The first kappa shape index (κ1) is 11.0. The Morgan fingerprint density at radius 2 is 2.29 bits per heavy atom. The number of rotatable bonds is 2. The lowest BCUT2D eigenvalue weighted by Crippen LogP contribution is -2.40. The Morgan fingerprint density at radius 1 is 1.57 bits per heavy atom. The normalized spacial score (nSPS) is 28.9. The third-order valence-corrected chi connectivity index (χ3v) is 2.87. The fourth-order valence-electron chi connectivity index (χ4n) is 1.95. The van der Waals surface area contributed by atoms with Gasteiger partial charge in [0.2, 0.25) is 5.91 Å². The van der Waals surface area contributed by atoms with Crippen molar-refractivity contribution < 1.29 is 4.79 Å². The lowest BCUT2D eigenvalue weighted by atomic mass is 9.87. The predicted octanol–water partition coefficient (Wildman–Crippen LogP) is 1.84. The van der Waals surface area contributed by atoms with Gasteiger partial charge in [-0.2, -0.15) is 5.26 Å². The van der Waals surface area contributed by atoms with E-state index in [1.54, 1.807) is 6.92 Å². The molecule has 0 heterocycles. The Labute approximate surface area is 85.5 Å². The molecule has 1 aliphatic rings. The molecule has 0 aromatic heterocycles. The van der Waals surface area contributed by atoms with Gasteiger partial charge in [0.15, 0.2) is 0 Å². The minimum atomic E-state index is -0.521. The number of hydrogen-bond acceptors (Lipinski definition) is 2. The first-order valence-electron chi connectivity index (χ1n) is 5.33. The zero-order chi connectivity index (χ0) is 10.6. The molecule has 1 fully saturated rings. The molecule has 1 saturated carbocycles. The molecule has 1 rings (SSSR count). The molecule has 0 radical (unpaired) electrons. The molecule has 3 heteroatoms. The highest BCUT2D eigenvalue weighted by molar-refractivity contribution is 5.80. The van der Waals surface area contributed by atoms with Crippen LogP contribution in [0.5, 0.6) is 0 Å². The maximum atomic E-state index is 11.4. The van der Waals surface area contributed by atoms with Crippen LogP contribution in [0.15, 0.2) is 0 Å². The van der Waals surface area contributed by atoms with Crippen molar-refractivity contribution in [2.24, 2.45) is 11.8 Å². The van der Waals surface area contributed by atoms with Crippen molar-refractivity contribution in [1.29, 1.82) is 5.26 Å². The summed E-state index contributed by atoms with van der Waals surface area (Å²) in [5.41, 5.74) is 0. The molecule has 14 heavy (non-hydrogen) atoms. The quantitative estimate of drug-likeness (QED) is 0.729. The van der Waals surface area contributed by atoms with Crippen molar-refractivity contribution in [2.75, 3.05) is 0 Å². The van der Waals surface area contributed by atoms with Crippen LogP contribution in [-0.4, -0.2) is 11.9 Å². The molecule has 3 atom stereocenters. The summed E-state index contributed by atoms with van der Waals surface area (Å²) in [5, 5.41) is 11.5. The highest BCUT2D eigenvalue weighted by Gasteiger charge is 2.22. The number of carbonyl (C=O) groups is 1. The second-order valence-electron chi connectivity index (χ2n) is 4.33. The molecular formula is C11H18N2O. The molecular weight excluding hydrogens is 176 g/mol. The molecule has 3 unspecified atom stereocenters. The van der Waals surface area contributed by atoms with Crippen LogP contribution >= 0.6 is 0 Å². The molecule has 1 aliphatic carbocycles. The maximum Gasteiger partial charge on any atom is 0.237 e. The molecule has 3 nitrogen and oxygen atoms in total. The van der Waals surface area contributed by atoms with Gasteiger partial charge >= 0.3 is 0 Å². The molecule has 0 bridgehead atoms. The van der Waals surface area contributed by atoms with Crippen molar-refractivity contribution in [1.82, 2.24) is 5.32 Å². The molecule has 0 saturated heterocycles. The number of hydrogen-bond donors (Lipinski definition) is 1. The first-order valence-corrected chi connectivity index (χ1v) is 5.33. The fraction of sp³-hybridized carbons (Fsp3) is 0.818. The van der Waals surface area contributed by atoms with Crippen molar-refractivity contribution >= 4 is 5.91 Å². The number of carbonyl (C=O) groups excluding carboxylic acids is 1. The van der Waals surface area contributed by atoms with E-state index in [2.05, 4.69) is 12.2 Å². The molecule has 0 spiro atoms. The lowest BCUT2D eigenvalue weighted by molar-refractivity contribution is -0.123. The maximum absolute atomic E-state index is 11.4. The van der Waals surface area contributed by atoms with E-state index in [4.69, 9.17) is 5.26 Å². The van der Waals surface area contributed by atoms with Crippen LogP contribution in [-0.2, 0) is 4.79 Å². The number of nitriles is 1. The van der Waals surface area contributed by atoms with Gasteiger partial charge in [-0.15, -0.1) is 0 Å². The van der Waals surface area contributed by atoms with Gasteiger partial charge in [0, 0.05) is 6.04 Å². The average Bonchev–Trinajstić information content (AvgIpc) is 2.16. The van der Waals surface area contributed by atoms with Crippen LogP contribution in [0.1, 0.15) is 39.5 Å². The van der Waals surface area contributed by atoms with E-state index in [9.17, 15) is 4.79 Å². The second kappa shape index (κ2) is 4.99. The first-order chi connectivity index (χ1) is 6.63. The predicted molar refractivity (Wildman–Crippen MR) is 54.3 cm³/mol. The highest BCUT2D eigenvalue weighted by Crippen LogP contribution is 2.23. The van der Waals surface area contributed by atoms with E-state index in [0.717, 1.165) is 12.8 Å². The highest BCUT2D eigenvalue weighted by atomic mass is 16.1.